The highest BCUT2D eigenvalue weighted by atomic mass is 32.1. The molecule has 0 aliphatic heterocycles. The van der Waals surface area contributed by atoms with Crippen LogP contribution < -0.4 is 15.8 Å². The van der Waals surface area contributed by atoms with Crippen LogP contribution in [0.2, 0.25) is 0 Å². The van der Waals surface area contributed by atoms with Crippen LogP contribution in [0.4, 0.5) is 5.69 Å². The summed E-state index contributed by atoms with van der Waals surface area (Å²) in [6, 6.07) is 21.9. The van der Waals surface area contributed by atoms with E-state index in [2.05, 4.69) is 10.3 Å². The van der Waals surface area contributed by atoms with Crippen LogP contribution in [0.5, 0.6) is 5.75 Å². The Hall–Kier alpha value is -3.71. The summed E-state index contributed by atoms with van der Waals surface area (Å²) in [5.41, 5.74) is 8.11. The second-order valence-corrected chi connectivity index (χ2v) is 7.33. The van der Waals surface area contributed by atoms with Crippen molar-refractivity contribution in [1.29, 1.82) is 0 Å². The maximum atomic E-state index is 12.3. The summed E-state index contributed by atoms with van der Waals surface area (Å²) in [4.78, 5) is 28.1. The van der Waals surface area contributed by atoms with Crippen LogP contribution in [0.25, 0.3) is 20.8 Å². The van der Waals surface area contributed by atoms with Crippen LogP contribution in [0, 0.1) is 0 Å². The van der Waals surface area contributed by atoms with Crippen molar-refractivity contribution in [2.75, 3.05) is 11.9 Å². The van der Waals surface area contributed by atoms with Gasteiger partial charge < -0.3 is 15.8 Å². The number of para-hydroxylation sites is 1. The van der Waals surface area contributed by atoms with E-state index in [1.165, 1.54) is 6.07 Å². The number of benzene rings is 3. The van der Waals surface area contributed by atoms with E-state index in [0.717, 1.165) is 20.8 Å². The maximum Gasteiger partial charge on any atom is 0.262 e. The number of hydrogen-bond donors (Lipinski definition) is 2. The molecule has 1 aromatic heterocycles. The molecule has 3 aromatic carbocycles. The van der Waals surface area contributed by atoms with E-state index in [-0.39, 0.29) is 12.5 Å². The molecule has 1 heterocycles. The van der Waals surface area contributed by atoms with Crippen molar-refractivity contribution in [3.05, 3.63) is 78.4 Å². The first-order chi connectivity index (χ1) is 14.1. The summed E-state index contributed by atoms with van der Waals surface area (Å²) in [6.45, 7) is -0.187. The number of carbonyl (C=O) groups excluding carboxylic acids is 2. The van der Waals surface area contributed by atoms with E-state index in [9.17, 15) is 9.59 Å². The van der Waals surface area contributed by atoms with Gasteiger partial charge in [-0.05, 0) is 42.5 Å². The third-order valence-electron chi connectivity index (χ3n) is 4.18. The van der Waals surface area contributed by atoms with Crippen LogP contribution in [-0.4, -0.2) is 23.4 Å². The quantitative estimate of drug-likeness (QED) is 0.507. The molecule has 0 aliphatic carbocycles. The number of nitrogens with two attached hydrogens (primary N) is 1. The van der Waals surface area contributed by atoms with E-state index in [4.69, 9.17) is 10.5 Å². The van der Waals surface area contributed by atoms with Crippen LogP contribution in [0.1, 0.15) is 10.4 Å². The fraction of sp³-hybridized carbons (Fsp3) is 0.0455. The van der Waals surface area contributed by atoms with Gasteiger partial charge in [0.15, 0.2) is 6.61 Å². The number of ether oxygens (including phenoxy) is 1. The van der Waals surface area contributed by atoms with Gasteiger partial charge >= 0.3 is 0 Å². The Morgan fingerprint density at radius 2 is 1.83 bits per heavy atom. The lowest BCUT2D eigenvalue weighted by Gasteiger charge is -2.09. The number of nitrogens with one attached hydrogen (secondary N) is 1. The van der Waals surface area contributed by atoms with Crippen molar-refractivity contribution >= 4 is 39.1 Å². The largest absolute Gasteiger partial charge is 0.484 e. The Balaban J connectivity index is 1.43. The summed E-state index contributed by atoms with van der Waals surface area (Å²) in [6.07, 6.45) is 0. The van der Waals surface area contributed by atoms with Crippen molar-refractivity contribution < 1.29 is 14.3 Å². The summed E-state index contributed by atoms with van der Waals surface area (Å²) < 4.78 is 6.57. The molecule has 4 rings (SSSR count). The van der Waals surface area contributed by atoms with Gasteiger partial charge in [-0.25, -0.2) is 4.98 Å². The number of thiazole rings is 1. The number of rotatable bonds is 6. The van der Waals surface area contributed by atoms with Crippen LogP contribution in [0.3, 0.4) is 0 Å². The molecule has 0 spiro atoms. The molecule has 144 valence electrons. The zero-order chi connectivity index (χ0) is 20.2. The summed E-state index contributed by atoms with van der Waals surface area (Å²) in [5.74, 6) is -0.456. The molecule has 0 atom stereocenters. The SMILES string of the molecule is NC(=O)c1cccc(OCC(=O)Nc2cccc(-c3nc4ccccc4s3)c2)c1. The first kappa shape index (κ1) is 18.6. The van der Waals surface area contributed by atoms with Crippen LogP contribution in [0.15, 0.2) is 72.8 Å². The number of fused-ring (bicyclic) bond motifs is 1. The van der Waals surface area contributed by atoms with Gasteiger partial charge in [-0.3, -0.25) is 9.59 Å². The molecular weight excluding hydrogens is 386 g/mol. The third kappa shape index (κ3) is 4.41. The molecule has 4 aromatic rings. The highest BCUT2D eigenvalue weighted by molar-refractivity contribution is 7.21. The molecule has 0 fully saturated rings. The Labute approximate surface area is 171 Å². The monoisotopic (exact) mass is 403 g/mol. The minimum atomic E-state index is -0.549. The number of anilines is 1. The van der Waals surface area contributed by atoms with Gasteiger partial charge in [0.05, 0.1) is 10.2 Å². The third-order valence-corrected chi connectivity index (χ3v) is 5.26. The molecule has 0 saturated carbocycles. The first-order valence-corrected chi connectivity index (χ1v) is 9.69. The molecule has 0 radical (unpaired) electrons. The van der Waals surface area contributed by atoms with Crippen LogP contribution >= 0.6 is 11.3 Å². The fourth-order valence-corrected chi connectivity index (χ4v) is 3.77. The van der Waals surface area contributed by atoms with Crippen molar-refractivity contribution in [2.45, 2.75) is 0 Å². The first-order valence-electron chi connectivity index (χ1n) is 8.87. The maximum absolute atomic E-state index is 12.3. The minimum absolute atomic E-state index is 0.187. The number of amides is 2. The second-order valence-electron chi connectivity index (χ2n) is 6.30. The molecule has 0 bridgehead atoms. The minimum Gasteiger partial charge on any atom is -0.484 e. The van der Waals surface area contributed by atoms with Gasteiger partial charge in [-0.15, -0.1) is 11.3 Å². The van der Waals surface area contributed by atoms with Crippen molar-refractivity contribution in [1.82, 2.24) is 4.98 Å². The fourth-order valence-electron chi connectivity index (χ4n) is 2.81. The summed E-state index contributed by atoms with van der Waals surface area (Å²) >= 11 is 1.60. The van der Waals surface area contributed by atoms with Gasteiger partial charge in [0, 0.05) is 16.8 Å². The van der Waals surface area contributed by atoms with Gasteiger partial charge in [-0.1, -0.05) is 30.3 Å². The number of carbonyl (C=O) groups is 2. The second kappa shape index (κ2) is 8.12. The lowest BCUT2D eigenvalue weighted by molar-refractivity contribution is -0.118. The van der Waals surface area contributed by atoms with E-state index < -0.39 is 5.91 Å². The predicted octanol–water partition coefficient (Wildman–Crippen LogP) is 4.08. The van der Waals surface area contributed by atoms with Crippen molar-refractivity contribution in [2.24, 2.45) is 5.73 Å². The lowest BCUT2D eigenvalue weighted by atomic mass is 10.2. The average Bonchev–Trinajstić information content (AvgIpc) is 3.17. The highest BCUT2D eigenvalue weighted by Gasteiger charge is 2.09. The van der Waals surface area contributed by atoms with Crippen LogP contribution in [-0.2, 0) is 4.79 Å². The summed E-state index contributed by atoms with van der Waals surface area (Å²) in [5, 5.41) is 3.71. The average molecular weight is 403 g/mol. The number of primary amides is 1. The van der Waals surface area contributed by atoms with Crippen molar-refractivity contribution in [3.63, 3.8) is 0 Å². The van der Waals surface area contributed by atoms with Gasteiger partial charge in [-0.2, -0.15) is 0 Å². The van der Waals surface area contributed by atoms with E-state index in [1.54, 1.807) is 29.5 Å². The van der Waals surface area contributed by atoms with E-state index >= 15 is 0 Å². The van der Waals surface area contributed by atoms with Gasteiger partial charge in [0.25, 0.3) is 5.91 Å². The van der Waals surface area contributed by atoms with Crippen molar-refractivity contribution in [3.8, 4) is 16.3 Å². The Kier molecular flexibility index (Phi) is 5.22. The zero-order valence-corrected chi connectivity index (χ0v) is 16.1. The highest BCUT2D eigenvalue weighted by Crippen LogP contribution is 2.31. The molecule has 2 amide bonds. The Morgan fingerprint density at radius 3 is 2.66 bits per heavy atom. The standard InChI is InChI=1S/C22H17N3O3S/c23-21(27)14-5-4-8-17(12-14)28-13-20(26)24-16-7-3-6-15(11-16)22-25-18-9-1-2-10-19(18)29-22/h1-12H,13H2,(H2,23,27)(H,24,26). The molecule has 3 N–H and O–H groups in total. The Morgan fingerprint density at radius 1 is 1.00 bits per heavy atom. The van der Waals surface area contributed by atoms with E-state index in [1.807, 2.05) is 48.5 Å². The Bertz CT molecular complexity index is 1170. The number of hydrogen-bond acceptors (Lipinski definition) is 5. The number of nitrogens with zero attached hydrogens (tertiary/aromatic N) is 1. The molecule has 7 heteroatoms. The number of aromatic nitrogens is 1. The zero-order valence-electron chi connectivity index (χ0n) is 15.3. The van der Waals surface area contributed by atoms with E-state index in [0.29, 0.717) is 17.0 Å². The normalized spacial score (nSPS) is 10.6. The molecule has 0 aliphatic rings. The van der Waals surface area contributed by atoms with Gasteiger partial charge in [0.2, 0.25) is 5.91 Å². The summed E-state index contributed by atoms with van der Waals surface area (Å²) in [7, 11) is 0. The molecule has 0 unspecified atom stereocenters. The smallest absolute Gasteiger partial charge is 0.262 e. The predicted molar refractivity (Wildman–Crippen MR) is 114 cm³/mol. The molecule has 6 nitrogen and oxygen atoms in total. The molecule has 29 heavy (non-hydrogen) atoms. The molecular formula is C22H17N3O3S. The van der Waals surface area contributed by atoms with Gasteiger partial charge in [0.1, 0.15) is 10.8 Å². The topological polar surface area (TPSA) is 94.3 Å². The molecule has 0 saturated heterocycles. The lowest BCUT2D eigenvalue weighted by Crippen LogP contribution is -2.20.